The molecule has 6 aromatic rings. The second-order valence-electron chi connectivity index (χ2n) is 9.23. The van der Waals surface area contributed by atoms with Gasteiger partial charge in [0.2, 0.25) is 11.8 Å². The average Bonchev–Trinajstić information content (AvgIpc) is 3.55. The molecule has 0 saturated heterocycles. The number of aromatic nitrogens is 10. The molecule has 1 aromatic carbocycles. The lowest BCUT2D eigenvalue weighted by Crippen LogP contribution is -2.21. The zero-order valence-corrected chi connectivity index (χ0v) is 22.2. The van der Waals surface area contributed by atoms with E-state index < -0.39 is 0 Å². The number of aryl methyl sites for hydroxylation is 3. The number of rotatable bonds is 5. The standard InChI is InChI=1S/C25H23ClN12O/c1-12-7-15(13(2)31-17-5-6-18(26)32-20(17)22-33-35-37(4)34-22)21-16(8-12)24(39)36(3)23-19(30-11-38(21)23)14-9-28-25(27)29-10-14/h5-11,13,31H,1-4H3,(H2,27,28,29). The molecule has 0 fully saturated rings. The van der Waals surface area contributed by atoms with Crippen LogP contribution in [0.4, 0.5) is 11.6 Å². The summed E-state index contributed by atoms with van der Waals surface area (Å²) >= 11 is 6.20. The third kappa shape index (κ3) is 4.12. The van der Waals surface area contributed by atoms with E-state index in [1.165, 1.54) is 4.80 Å². The number of tetrazole rings is 1. The molecule has 196 valence electrons. The number of nitrogens with two attached hydrogens (primary N) is 1. The first-order chi connectivity index (χ1) is 18.7. The zero-order chi connectivity index (χ0) is 27.4. The van der Waals surface area contributed by atoms with Crippen molar-refractivity contribution in [3.63, 3.8) is 0 Å². The molecule has 14 heteroatoms. The smallest absolute Gasteiger partial charge is 0.261 e. The van der Waals surface area contributed by atoms with Crippen LogP contribution in [-0.2, 0) is 14.1 Å². The number of nitrogens with zero attached hydrogens (tertiary/aromatic N) is 10. The van der Waals surface area contributed by atoms with E-state index in [1.807, 2.05) is 30.4 Å². The fraction of sp³-hybridized carbons (Fsp3) is 0.200. The predicted octanol–water partition coefficient (Wildman–Crippen LogP) is 2.95. The van der Waals surface area contributed by atoms with Gasteiger partial charge >= 0.3 is 0 Å². The number of halogens is 1. The molecule has 5 aromatic heterocycles. The van der Waals surface area contributed by atoms with E-state index in [-0.39, 0.29) is 17.5 Å². The number of hydrogen-bond donors (Lipinski definition) is 2. The van der Waals surface area contributed by atoms with Crippen molar-refractivity contribution < 1.29 is 0 Å². The second-order valence-corrected chi connectivity index (χ2v) is 9.62. The van der Waals surface area contributed by atoms with Gasteiger partial charge in [-0.3, -0.25) is 13.8 Å². The molecule has 3 N–H and O–H groups in total. The summed E-state index contributed by atoms with van der Waals surface area (Å²) in [5.41, 5.74) is 11.0. The molecule has 0 amide bonds. The Morgan fingerprint density at radius 1 is 1.08 bits per heavy atom. The molecule has 0 saturated carbocycles. The molecule has 6 rings (SSSR count). The van der Waals surface area contributed by atoms with Crippen LogP contribution < -0.4 is 16.6 Å². The van der Waals surface area contributed by atoms with E-state index in [0.29, 0.717) is 44.6 Å². The van der Waals surface area contributed by atoms with Crippen LogP contribution in [0.1, 0.15) is 24.1 Å². The number of nitrogen functional groups attached to an aromatic ring is 1. The van der Waals surface area contributed by atoms with E-state index in [9.17, 15) is 4.79 Å². The summed E-state index contributed by atoms with van der Waals surface area (Å²) < 4.78 is 3.50. The second kappa shape index (κ2) is 9.13. The Hall–Kier alpha value is -4.91. The third-order valence-corrected chi connectivity index (χ3v) is 6.70. The van der Waals surface area contributed by atoms with Gasteiger partial charge in [-0.15, -0.1) is 10.2 Å². The van der Waals surface area contributed by atoms with Crippen molar-refractivity contribution in [1.29, 1.82) is 0 Å². The van der Waals surface area contributed by atoms with Gasteiger partial charge < -0.3 is 11.1 Å². The van der Waals surface area contributed by atoms with Crippen molar-refractivity contribution in [1.82, 2.24) is 49.1 Å². The fourth-order valence-electron chi connectivity index (χ4n) is 4.75. The van der Waals surface area contributed by atoms with Crippen LogP contribution in [-0.4, -0.2) is 49.1 Å². The topological polar surface area (TPSA) is 160 Å². The van der Waals surface area contributed by atoms with Crippen LogP contribution in [0.25, 0.3) is 39.3 Å². The summed E-state index contributed by atoms with van der Waals surface area (Å²) in [6, 6.07) is 7.18. The molecule has 1 unspecified atom stereocenters. The van der Waals surface area contributed by atoms with Crippen molar-refractivity contribution in [2.45, 2.75) is 19.9 Å². The van der Waals surface area contributed by atoms with E-state index >= 15 is 0 Å². The van der Waals surface area contributed by atoms with Crippen LogP contribution in [0.3, 0.4) is 0 Å². The zero-order valence-electron chi connectivity index (χ0n) is 21.5. The molecule has 0 bridgehead atoms. The minimum absolute atomic E-state index is 0.148. The van der Waals surface area contributed by atoms with Crippen LogP contribution in [0.2, 0.25) is 5.15 Å². The number of pyridine rings is 1. The molecule has 13 nitrogen and oxygen atoms in total. The summed E-state index contributed by atoms with van der Waals surface area (Å²) in [5, 5.41) is 16.7. The highest BCUT2D eigenvalue weighted by atomic mass is 35.5. The number of nitrogens with one attached hydrogen (secondary N) is 1. The van der Waals surface area contributed by atoms with Gasteiger partial charge in [-0.1, -0.05) is 17.7 Å². The highest BCUT2D eigenvalue weighted by Crippen LogP contribution is 2.33. The molecule has 0 aliphatic heterocycles. The summed E-state index contributed by atoms with van der Waals surface area (Å²) in [5.74, 6) is 0.497. The largest absolute Gasteiger partial charge is 0.377 e. The molecule has 0 aliphatic carbocycles. The SMILES string of the molecule is Cc1cc(C(C)Nc2ccc(Cl)nc2-c2nnn(C)n2)c2c(c1)c(=O)n(C)c1c(-c3cnc(N)nc3)ncn21. The Morgan fingerprint density at radius 3 is 2.56 bits per heavy atom. The molecular weight excluding hydrogens is 520 g/mol. The van der Waals surface area contributed by atoms with Crippen molar-refractivity contribution >= 4 is 39.8 Å². The van der Waals surface area contributed by atoms with Crippen molar-refractivity contribution in [3.05, 3.63) is 69.6 Å². The van der Waals surface area contributed by atoms with Crippen molar-refractivity contribution in [2.24, 2.45) is 14.1 Å². The fourth-order valence-corrected chi connectivity index (χ4v) is 4.90. The van der Waals surface area contributed by atoms with E-state index in [2.05, 4.69) is 46.7 Å². The van der Waals surface area contributed by atoms with Crippen molar-refractivity contribution in [2.75, 3.05) is 11.1 Å². The predicted molar refractivity (Wildman–Crippen MR) is 147 cm³/mol. The number of benzene rings is 1. The van der Waals surface area contributed by atoms with Gasteiger partial charge in [0.1, 0.15) is 28.5 Å². The van der Waals surface area contributed by atoms with Crippen LogP contribution in [0, 0.1) is 6.92 Å². The van der Waals surface area contributed by atoms with Gasteiger partial charge in [0, 0.05) is 25.0 Å². The van der Waals surface area contributed by atoms with E-state index in [4.69, 9.17) is 17.3 Å². The minimum atomic E-state index is -0.271. The summed E-state index contributed by atoms with van der Waals surface area (Å²) in [4.78, 5) is 32.2. The highest BCUT2D eigenvalue weighted by molar-refractivity contribution is 6.29. The first-order valence-electron chi connectivity index (χ1n) is 12.0. The maximum Gasteiger partial charge on any atom is 0.261 e. The van der Waals surface area contributed by atoms with Gasteiger partial charge in [-0.05, 0) is 48.4 Å². The Kier molecular flexibility index (Phi) is 5.72. The normalized spacial score (nSPS) is 12.3. The maximum atomic E-state index is 13.6. The number of imidazole rings is 1. The molecular formula is C25H23ClN12O. The lowest BCUT2D eigenvalue weighted by molar-refractivity contribution is 0.630. The quantitative estimate of drug-likeness (QED) is 0.310. The van der Waals surface area contributed by atoms with Gasteiger partial charge in [-0.25, -0.2) is 19.9 Å². The Morgan fingerprint density at radius 2 is 1.85 bits per heavy atom. The Labute approximate surface area is 226 Å². The highest BCUT2D eigenvalue weighted by Gasteiger charge is 2.22. The van der Waals surface area contributed by atoms with Crippen molar-refractivity contribution in [3.8, 4) is 22.8 Å². The van der Waals surface area contributed by atoms with E-state index in [0.717, 1.165) is 16.6 Å². The molecule has 1 atom stereocenters. The average molecular weight is 543 g/mol. The Balaban J connectivity index is 1.54. The molecule has 5 heterocycles. The number of anilines is 2. The first kappa shape index (κ1) is 24.4. The lowest BCUT2D eigenvalue weighted by atomic mass is 10.0. The minimum Gasteiger partial charge on any atom is -0.377 e. The number of fused-ring (bicyclic) bond motifs is 3. The first-order valence-corrected chi connectivity index (χ1v) is 12.3. The molecule has 0 spiro atoms. The van der Waals surface area contributed by atoms with E-state index in [1.54, 1.807) is 43.4 Å². The Bertz CT molecular complexity index is 1940. The lowest BCUT2D eigenvalue weighted by Gasteiger charge is -2.21. The summed E-state index contributed by atoms with van der Waals surface area (Å²) in [6.07, 6.45) is 4.89. The van der Waals surface area contributed by atoms with Gasteiger partial charge in [0.25, 0.3) is 5.56 Å². The van der Waals surface area contributed by atoms with Crippen LogP contribution in [0.5, 0.6) is 0 Å². The molecule has 0 radical (unpaired) electrons. The van der Waals surface area contributed by atoms with Gasteiger partial charge in [-0.2, -0.15) is 4.80 Å². The third-order valence-electron chi connectivity index (χ3n) is 6.48. The monoisotopic (exact) mass is 542 g/mol. The van der Waals surface area contributed by atoms with Crippen LogP contribution in [0.15, 0.2) is 47.8 Å². The molecule has 0 aliphatic rings. The van der Waals surface area contributed by atoms with Gasteiger partial charge in [0.05, 0.1) is 29.7 Å². The van der Waals surface area contributed by atoms with Crippen LogP contribution >= 0.6 is 11.6 Å². The molecule has 39 heavy (non-hydrogen) atoms. The summed E-state index contributed by atoms with van der Waals surface area (Å²) in [7, 11) is 3.40. The maximum absolute atomic E-state index is 13.6. The summed E-state index contributed by atoms with van der Waals surface area (Å²) in [6.45, 7) is 3.97. The number of hydrogen-bond acceptors (Lipinski definition) is 10. The van der Waals surface area contributed by atoms with Gasteiger partial charge in [0.15, 0.2) is 0 Å².